The average molecular weight is 305 g/mol. The number of methoxy groups -OCH3 is 2. The highest BCUT2D eigenvalue weighted by Gasteiger charge is 2.62. The highest BCUT2D eigenvalue weighted by molar-refractivity contribution is 6.07. The summed E-state index contributed by atoms with van der Waals surface area (Å²) in [5.41, 5.74) is -2.45. The van der Waals surface area contributed by atoms with Crippen LogP contribution >= 0.6 is 0 Å². The molecule has 1 aromatic rings. The summed E-state index contributed by atoms with van der Waals surface area (Å²) < 4.78 is 9.11. The molecule has 2 aliphatic rings. The molecular formula is C14H11NO7. The first-order valence-electron chi connectivity index (χ1n) is 6.22. The Morgan fingerprint density at radius 1 is 1.18 bits per heavy atom. The fourth-order valence-electron chi connectivity index (χ4n) is 2.55. The molecule has 1 aromatic carbocycles. The summed E-state index contributed by atoms with van der Waals surface area (Å²) in [4.78, 5) is 41.2. The van der Waals surface area contributed by atoms with E-state index < -0.39 is 34.9 Å². The number of ether oxygens (including phenoxy) is 2. The third-order valence-electron chi connectivity index (χ3n) is 3.53. The van der Waals surface area contributed by atoms with E-state index in [1.807, 2.05) is 0 Å². The zero-order valence-electron chi connectivity index (χ0n) is 11.7. The van der Waals surface area contributed by atoms with Gasteiger partial charge in [0.05, 0.1) is 19.8 Å². The molecule has 1 amide bonds. The lowest BCUT2D eigenvalue weighted by atomic mass is 9.93. The first kappa shape index (κ1) is 14.1. The van der Waals surface area contributed by atoms with Gasteiger partial charge in [-0.15, -0.1) is 5.06 Å². The smallest absolute Gasteiger partial charge is 0.377 e. The minimum atomic E-state index is -2.23. The Labute approximate surface area is 124 Å². The van der Waals surface area contributed by atoms with Crippen LogP contribution in [0.3, 0.4) is 0 Å². The van der Waals surface area contributed by atoms with E-state index in [-0.39, 0.29) is 11.1 Å². The van der Waals surface area contributed by atoms with Crippen LogP contribution in [-0.4, -0.2) is 42.2 Å². The van der Waals surface area contributed by atoms with Crippen molar-refractivity contribution in [1.82, 2.24) is 5.06 Å². The summed E-state index contributed by atoms with van der Waals surface area (Å²) in [5.74, 6) is -3.28. The van der Waals surface area contributed by atoms with Gasteiger partial charge in [0.15, 0.2) is 5.57 Å². The van der Waals surface area contributed by atoms with Crippen molar-refractivity contribution in [2.45, 2.75) is 5.72 Å². The zero-order valence-corrected chi connectivity index (χ0v) is 11.7. The van der Waals surface area contributed by atoms with E-state index in [9.17, 15) is 19.5 Å². The van der Waals surface area contributed by atoms with Gasteiger partial charge in [0.2, 0.25) is 5.72 Å². The molecule has 0 bridgehead atoms. The van der Waals surface area contributed by atoms with Crippen LogP contribution in [0.25, 0.3) is 0 Å². The van der Waals surface area contributed by atoms with Gasteiger partial charge in [0, 0.05) is 5.56 Å². The van der Waals surface area contributed by atoms with Crippen molar-refractivity contribution in [3.05, 3.63) is 46.7 Å². The number of carbonyl (C=O) groups excluding carboxylic acids is 3. The number of aliphatic hydroxyl groups is 1. The Bertz CT molecular complexity index is 738. The van der Waals surface area contributed by atoms with Crippen molar-refractivity contribution in [1.29, 1.82) is 0 Å². The lowest BCUT2D eigenvalue weighted by molar-refractivity contribution is -0.196. The molecule has 8 nitrogen and oxygen atoms in total. The van der Waals surface area contributed by atoms with Crippen molar-refractivity contribution >= 4 is 17.8 Å². The number of rotatable bonds is 2. The van der Waals surface area contributed by atoms with Crippen molar-refractivity contribution in [3.63, 3.8) is 0 Å². The summed E-state index contributed by atoms with van der Waals surface area (Å²) in [6.45, 7) is 0. The Balaban J connectivity index is 2.28. The quantitative estimate of drug-likeness (QED) is 0.757. The predicted molar refractivity (Wildman–Crippen MR) is 68.7 cm³/mol. The normalized spacial score (nSPS) is 22.1. The largest absolute Gasteiger partial charge is 0.465 e. The number of hydrogen-bond acceptors (Lipinski definition) is 7. The summed E-state index contributed by atoms with van der Waals surface area (Å²) >= 11 is 0. The van der Waals surface area contributed by atoms with E-state index in [4.69, 9.17) is 4.84 Å². The van der Waals surface area contributed by atoms with Crippen LogP contribution in [0.5, 0.6) is 0 Å². The lowest BCUT2D eigenvalue weighted by Gasteiger charge is -2.25. The Kier molecular flexibility index (Phi) is 2.92. The molecule has 0 saturated heterocycles. The van der Waals surface area contributed by atoms with Crippen molar-refractivity contribution in [2.75, 3.05) is 14.2 Å². The fraction of sp³-hybridized carbons (Fsp3) is 0.214. The van der Waals surface area contributed by atoms with Gasteiger partial charge in [-0.25, -0.2) is 9.59 Å². The molecule has 8 heteroatoms. The number of carbonyl (C=O) groups is 3. The number of nitrogens with zero attached hydrogens (tertiary/aromatic N) is 1. The molecule has 2 aliphatic heterocycles. The van der Waals surface area contributed by atoms with E-state index in [1.165, 1.54) is 12.1 Å². The second-order valence-corrected chi connectivity index (χ2v) is 4.60. The monoisotopic (exact) mass is 305 g/mol. The molecule has 3 rings (SSSR count). The van der Waals surface area contributed by atoms with Gasteiger partial charge < -0.3 is 19.4 Å². The number of benzene rings is 1. The minimum absolute atomic E-state index is 0.124. The standard InChI is InChI=1S/C14H11NO7/c1-20-12(17)9-10(13(18)21-2)22-15-11(16)7-5-3-4-6-8(7)14(9,15)19/h3-6,19H,1-2H3. The molecule has 0 radical (unpaired) electrons. The topological polar surface area (TPSA) is 102 Å². The van der Waals surface area contributed by atoms with Crippen molar-refractivity contribution in [3.8, 4) is 0 Å². The van der Waals surface area contributed by atoms with Crippen molar-refractivity contribution in [2.24, 2.45) is 0 Å². The molecular weight excluding hydrogens is 294 g/mol. The van der Waals surface area contributed by atoms with Crippen LogP contribution in [-0.2, 0) is 29.6 Å². The van der Waals surface area contributed by atoms with Gasteiger partial charge in [0.1, 0.15) is 0 Å². The van der Waals surface area contributed by atoms with Crippen LogP contribution in [0.1, 0.15) is 15.9 Å². The molecule has 0 fully saturated rings. The molecule has 1 unspecified atom stereocenters. The Morgan fingerprint density at radius 3 is 2.45 bits per heavy atom. The van der Waals surface area contributed by atoms with Crippen LogP contribution in [0.2, 0.25) is 0 Å². The number of esters is 2. The molecule has 0 saturated carbocycles. The van der Waals surface area contributed by atoms with Gasteiger partial charge in [-0.2, -0.15) is 0 Å². The number of amides is 1. The maximum Gasteiger partial charge on any atom is 0.377 e. The summed E-state index contributed by atoms with van der Waals surface area (Å²) in [5, 5.41) is 11.5. The highest BCUT2D eigenvalue weighted by atomic mass is 16.7. The van der Waals surface area contributed by atoms with Crippen LogP contribution in [0, 0.1) is 0 Å². The first-order chi connectivity index (χ1) is 10.5. The molecule has 0 spiro atoms. The molecule has 2 heterocycles. The van der Waals surface area contributed by atoms with Crippen molar-refractivity contribution < 1.29 is 33.8 Å². The number of fused-ring (bicyclic) bond motifs is 3. The van der Waals surface area contributed by atoms with Gasteiger partial charge in [-0.3, -0.25) is 4.79 Å². The second-order valence-electron chi connectivity index (χ2n) is 4.60. The summed E-state index contributed by atoms with van der Waals surface area (Å²) in [7, 11) is 2.16. The maximum absolute atomic E-state index is 12.3. The van der Waals surface area contributed by atoms with Crippen LogP contribution < -0.4 is 0 Å². The summed E-state index contributed by atoms with van der Waals surface area (Å²) in [6.07, 6.45) is 0. The number of hydrogen-bond donors (Lipinski definition) is 1. The SMILES string of the molecule is COC(=O)C1=C(C(=O)OC)C2(O)c3ccccc3C(=O)N2O1. The average Bonchev–Trinajstić information content (AvgIpc) is 2.96. The molecule has 1 atom stereocenters. The molecule has 22 heavy (non-hydrogen) atoms. The van der Waals surface area contributed by atoms with Gasteiger partial charge in [-0.1, -0.05) is 18.2 Å². The van der Waals surface area contributed by atoms with E-state index in [1.54, 1.807) is 12.1 Å². The van der Waals surface area contributed by atoms with Crippen LogP contribution in [0.15, 0.2) is 35.6 Å². The van der Waals surface area contributed by atoms with Gasteiger partial charge in [-0.05, 0) is 6.07 Å². The van der Waals surface area contributed by atoms with Crippen LogP contribution in [0.4, 0.5) is 0 Å². The van der Waals surface area contributed by atoms with E-state index in [0.29, 0.717) is 5.06 Å². The number of hydroxylamine groups is 2. The van der Waals surface area contributed by atoms with E-state index >= 15 is 0 Å². The predicted octanol–water partition coefficient (Wildman–Crippen LogP) is -0.167. The van der Waals surface area contributed by atoms with Gasteiger partial charge >= 0.3 is 11.9 Å². The second kappa shape index (κ2) is 4.57. The first-order valence-corrected chi connectivity index (χ1v) is 6.22. The minimum Gasteiger partial charge on any atom is -0.465 e. The Morgan fingerprint density at radius 2 is 1.82 bits per heavy atom. The third-order valence-corrected chi connectivity index (χ3v) is 3.53. The zero-order chi connectivity index (χ0) is 16.1. The molecule has 0 aliphatic carbocycles. The van der Waals surface area contributed by atoms with E-state index in [0.717, 1.165) is 14.2 Å². The third kappa shape index (κ3) is 1.52. The maximum atomic E-state index is 12.3. The molecule has 1 N–H and O–H groups in total. The molecule has 114 valence electrons. The highest BCUT2D eigenvalue weighted by Crippen LogP contribution is 2.49. The summed E-state index contributed by atoms with van der Waals surface area (Å²) in [6, 6.07) is 6.12. The van der Waals surface area contributed by atoms with Gasteiger partial charge in [0.25, 0.3) is 11.7 Å². The molecule has 0 aromatic heterocycles. The Hall–Kier alpha value is -2.87. The lowest BCUT2D eigenvalue weighted by Crippen LogP contribution is -2.42. The van der Waals surface area contributed by atoms with E-state index in [2.05, 4.69) is 9.47 Å². The fourth-order valence-corrected chi connectivity index (χ4v) is 2.55.